The van der Waals surface area contributed by atoms with Gasteiger partial charge in [-0.15, -0.1) is 10.1 Å². The topological polar surface area (TPSA) is 126 Å². The molecule has 0 bridgehead atoms. The number of hydrogen-bond acceptors (Lipinski definition) is 9. The molecular weight excluding hydrogens is 348 g/mol. The van der Waals surface area contributed by atoms with Crippen LogP contribution in [0.5, 0.6) is 0 Å². The molecule has 2 atom stereocenters. The summed E-state index contributed by atoms with van der Waals surface area (Å²) in [5.41, 5.74) is -2.22. The maximum absolute atomic E-state index is 12.6. The van der Waals surface area contributed by atoms with Crippen LogP contribution < -0.4 is 0 Å². The zero-order valence-electron chi connectivity index (χ0n) is 16.1. The molecule has 0 aliphatic rings. The summed E-state index contributed by atoms with van der Waals surface area (Å²) < 4.78 is 5.17. The van der Waals surface area contributed by atoms with Crippen molar-refractivity contribution < 1.29 is 39.0 Å². The Kier molecular flexibility index (Phi) is 11.0. The summed E-state index contributed by atoms with van der Waals surface area (Å²) in [6.07, 6.45) is -3.09. The van der Waals surface area contributed by atoms with Crippen molar-refractivity contribution in [1.29, 1.82) is 0 Å². The highest BCUT2D eigenvalue weighted by atomic mass is 16.7. The van der Waals surface area contributed by atoms with E-state index in [1.165, 1.54) is 17.1 Å². The summed E-state index contributed by atoms with van der Waals surface area (Å²) in [5.74, 6) is -3.34. The van der Waals surface area contributed by atoms with Crippen LogP contribution in [0, 0.1) is 0 Å². The minimum absolute atomic E-state index is 0.351. The predicted molar refractivity (Wildman–Crippen MR) is 90.4 cm³/mol. The summed E-state index contributed by atoms with van der Waals surface area (Å²) in [6.45, 7) is 9.74. The third-order valence-corrected chi connectivity index (χ3v) is 3.49. The summed E-state index contributed by atoms with van der Waals surface area (Å²) in [4.78, 5) is 46.4. The second-order valence-corrected chi connectivity index (χ2v) is 5.53. The van der Waals surface area contributed by atoms with Gasteiger partial charge in [-0.05, 0) is 34.6 Å². The van der Waals surface area contributed by atoms with Crippen molar-refractivity contribution in [2.24, 2.45) is 0 Å². The lowest BCUT2D eigenvalue weighted by molar-refractivity contribution is -0.243. The van der Waals surface area contributed by atoms with Crippen LogP contribution in [-0.4, -0.2) is 76.3 Å². The average Bonchev–Trinajstić information content (AvgIpc) is 2.55. The number of hydroxylamine groups is 4. The van der Waals surface area contributed by atoms with Crippen molar-refractivity contribution in [3.8, 4) is 0 Å². The minimum atomic E-state index is -2.22. The lowest BCUT2D eigenvalue weighted by atomic mass is 9.95. The maximum Gasteiger partial charge on any atom is 0.358 e. The number of aliphatic hydroxyl groups excluding tert-OH is 1. The zero-order chi connectivity index (χ0) is 20.3. The molecule has 0 aliphatic heterocycles. The number of ether oxygens (including phenoxy) is 1. The molecular formula is C16H30N2O8. The van der Waals surface area contributed by atoms with Gasteiger partial charge in [0.05, 0.1) is 12.8 Å². The summed E-state index contributed by atoms with van der Waals surface area (Å²) in [5, 5.41) is 21.4. The van der Waals surface area contributed by atoms with E-state index in [-0.39, 0.29) is 0 Å². The van der Waals surface area contributed by atoms with E-state index in [1.807, 2.05) is 0 Å². The highest BCUT2D eigenvalue weighted by molar-refractivity contribution is 5.89. The van der Waals surface area contributed by atoms with Crippen LogP contribution in [0.4, 0.5) is 0 Å². The van der Waals surface area contributed by atoms with Gasteiger partial charge >= 0.3 is 17.9 Å². The molecule has 0 aliphatic carbocycles. The van der Waals surface area contributed by atoms with E-state index in [4.69, 9.17) is 14.4 Å². The number of hydrogen-bond donors (Lipinski definition) is 2. The standard InChI is InChI=1S/C16H30N2O8/c1-6-17(7-2)25-14(22)11-16(10-13(20)21,24-12(5)19)15(23)26-18(8-3)9-4/h12,19H,6-11H2,1-5H3,(H,20,21). The number of carboxylic acid groups (broad SMARTS) is 1. The maximum atomic E-state index is 12.6. The number of nitrogens with zero attached hydrogens (tertiary/aromatic N) is 2. The molecule has 0 heterocycles. The van der Waals surface area contributed by atoms with Gasteiger partial charge in [0.1, 0.15) is 0 Å². The van der Waals surface area contributed by atoms with E-state index >= 15 is 0 Å². The fourth-order valence-electron chi connectivity index (χ4n) is 2.22. The zero-order valence-corrected chi connectivity index (χ0v) is 16.1. The Morgan fingerprint density at radius 3 is 1.77 bits per heavy atom. The van der Waals surface area contributed by atoms with Gasteiger partial charge in [0.25, 0.3) is 0 Å². The van der Waals surface area contributed by atoms with Gasteiger partial charge in [0.2, 0.25) is 0 Å². The van der Waals surface area contributed by atoms with E-state index in [1.54, 1.807) is 27.7 Å². The Labute approximate surface area is 153 Å². The number of carboxylic acids is 1. The van der Waals surface area contributed by atoms with Gasteiger partial charge in [0, 0.05) is 26.2 Å². The molecule has 26 heavy (non-hydrogen) atoms. The highest BCUT2D eigenvalue weighted by Crippen LogP contribution is 2.26. The molecule has 2 N–H and O–H groups in total. The van der Waals surface area contributed by atoms with Gasteiger partial charge in [0.15, 0.2) is 11.9 Å². The van der Waals surface area contributed by atoms with Crippen LogP contribution in [0.15, 0.2) is 0 Å². The van der Waals surface area contributed by atoms with Crippen molar-refractivity contribution in [3.63, 3.8) is 0 Å². The first-order chi connectivity index (χ1) is 12.1. The van der Waals surface area contributed by atoms with Gasteiger partial charge in [-0.3, -0.25) is 9.59 Å². The summed E-state index contributed by atoms with van der Waals surface area (Å²) in [6, 6.07) is 0. The van der Waals surface area contributed by atoms with Gasteiger partial charge in [-0.1, -0.05) is 0 Å². The van der Waals surface area contributed by atoms with Crippen molar-refractivity contribution >= 4 is 17.9 Å². The number of aliphatic carboxylic acids is 1. The van der Waals surface area contributed by atoms with E-state index in [0.717, 1.165) is 0 Å². The van der Waals surface area contributed by atoms with Crippen molar-refractivity contribution in [3.05, 3.63) is 0 Å². The Balaban J connectivity index is 5.61. The molecule has 0 amide bonds. The number of rotatable bonds is 13. The third-order valence-electron chi connectivity index (χ3n) is 3.49. The van der Waals surface area contributed by atoms with Crippen molar-refractivity contribution in [1.82, 2.24) is 10.1 Å². The predicted octanol–water partition coefficient (Wildman–Crippen LogP) is 0.545. The Bertz CT molecular complexity index is 463. The quantitative estimate of drug-likeness (QED) is 0.346. The SMILES string of the molecule is CCN(CC)OC(=O)CC(CC(=O)O)(OC(C)O)C(=O)ON(CC)CC. The van der Waals surface area contributed by atoms with E-state index in [9.17, 15) is 24.6 Å². The van der Waals surface area contributed by atoms with E-state index in [2.05, 4.69) is 0 Å². The van der Waals surface area contributed by atoms with Gasteiger partial charge in [-0.25, -0.2) is 4.79 Å². The first-order valence-electron chi connectivity index (χ1n) is 8.64. The van der Waals surface area contributed by atoms with Crippen molar-refractivity contribution in [2.75, 3.05) is 26.2 Å². The largest absolute Gasteiger partial charge is 0.481 e. The van der Waals surface area contributed by atoms with E-state index in [0.29, 0.717) is 26.2 Å². The van der Waals surface area contributed by atoms with Crippen molar-refractivity contribution in [2.45, 2.75) is 59.4 Å². The lowest BCUT2D eigenvalue weighted by Gasteiger charge is -2.32. The first-order valence-corrected chi connectivity index (χ1v) is 8.64. The number of aliphatic hydroxyl groups is 1. The summed E-state index contributed by atoms with van der Waals surface area (Å²) >= 11 is 0. The molecule has 152 valence electrons. The molecule has 10 nitrogen and oxygen atoms in total. The molecule has 0 fully saturated rings. The molecule has 2 unspecified atom stereocenters. The fourth-order valence-corrected chi connectivity index (χ4v) is 2.22. The molecule has 0 saturated heterocycles. The molecule has 0 aromatic heterocycles. The summed E-state index contributed by atoms with van der Waals surface area (Å²) in [7, 11) is 0. The smallest absolute Gasteiger partial charge is 0.358 e. The normalized spacial score (nSPS) is 14.8. The van der Waals surface area contributed by atoms with Crippen LogP contribution in [0.1, 0.15) is 47.5 Å². The molecule has 0 saturated carbocycles. The van der Waals surface area contributed by atoms with Gasteiger partial charge in [-0.2, -0.15) is 0 Å². The average molecular weight is 378 g/mol. The Hall–Kier alpha value is -1.75. The van der Waals surface area contributed by atoms with Crippen LogP contribution >= 0.6 is 0 Å². The van der Waals surface area contributed by atoms with E-state index < -0.39 is 42.6 Å². The molecule has 0 aromatic carbocycles. The monoisotopic (exact) mass is 378 g/mol. The van der Waals surface area contributed by atoms with Crippen LogP contribution in [0.3, 0.4) is 0 Å². The molecule has 0 radical (unpaired) electrons. The molecule has 0 spiro atoms. The lowest BCUT2D eigenvalue weighted by Crippen LogP contribution is -2.51. The second kappa shape index (κ2) is 11.8. The number of carbonyl (C=O) groups is 3. The number of carbonyl (C=O) groups excluding carboxylic acids is 2. The van der Waals surface area contributed by atoms with Crippen LogP contribution in [0.25, 0.3) is 0 Å². The van der Waals surface area contributed by atoms with Gasteiger partial charge < -0.3 is 24.6 Å². The molecule has 0 aromatic rings. The Morgan fingerprint density at radius 1 is 0.923 bits per heavy atom. The minimum Gasteiger partial charge on any atom is -0.481 e. The highest BCUT2D eigenvalue weighted by Gasteiger charge is 2.48. The van der Waals surface area contributed by atoms with Crippen LogP contribution in [0.2, 0.25) is 0 Å². The Morgan fingerprint density at radius 2 is 1.38 bits per heavy atom. The fraction of sp³-hybridized carbons (Fsp3) is 0.812. The molecule has 10 heteroatoms. The third kappa shape index (κ3) is 8.09. The second-order valence-electron chi connectivity index (χ2n) is 5.53. The molecule has 0 rings (SSSR count). The first kappa shape index (κ1) is 24.2. The van der Waals surface area contributed by atoms with Crippen LogP contribution in [-0.2, 0) is 28.8 Å².